The van der Waals surface area contributed by atoms with Gasteiger partial charge >= 0.3 is 0 Å². The quantitative estimate of drug-likeness (QED) is 0.192. The molecule has 0 radical (unpaired) electrons. The molecular formula is C40H44N2O2. The molecule has 3 atom stereocenters. The summed E-state index contributed by atoms with van der Waals surface area (Å²) in [5.74, 6) is 1.72. The van der Waals surface area contributed by atoms with Crippen LogP contribution in [0.2, 0.25) is 0 Å². The number of benzene rings is 4. The summed E-state index contributed by atoms with van der Waals surface area (Å²) in [7, 11) is 0. The number of rotatable bonds is 11. The lowest BCUT2D eigenvalue weighted by Crippen LogP contribution is -2.38. The smallest absolute Gasteiger partial charge is 0.221 e. The summed E-state index contributed by atoms with van der Waals surface area (Å²) in [5, 5.41) is 3.42. The molecule has 2 heterocycles. The molecule has 3 unspecified atom stereocenters. The minimum absolute atomic E-state index is 0.0206. The molecule has 3 aliphatic rings. The van der Waals surface area contributed by atoms with Crippen LogP contribution in [-0.4, -0.2) is 23.4 Å². The van der Waals surface area contributed by atoms with Crippen molar-refractivity contribution in [2.45, 2.75) is 82.0 Å². The molecule has 4 nitrogen and oxygen atoms in total. The number of hydrogen-bond acceptors (Lipinski definition) is 3. The Hall–Kier alpha value is -3.89. The molecule has 1 amide bonds. The number of nitrogens with zero attached hydrogens (tertiary/aromatic N) is 1. The van der Waals surface area contributed by atoms with Crippen LogP contribution in [0.3, 0.4) is 0 Å². The third-order valence-electron chi connectivity index (χ3n) is 10.3. The normalized spacial score (nSPS) is 23.2. The van der Waals surface area contributed by atoms with Crippen LogP contribution >= 0.6 is 0 Å². The zero-order valence-corrected chi connectivity index (χ0v) is 25.6. The number of ether oxygens (including phenoxy) is 1. The van der Waals surface area contributed by atoms with Gasteiger partial charge in [-0.1, -0.05) is 97.1 Å². The van der Waals surface area contributed by atoms with Gasteiger partial charge in [-0.15, -0.1) is 0 Å². The van der Waals surface area contributed by atoms with E-state index in [1.807, 2.05) is 36.4 Å². The van der Waals surface area contributed by atoms with Gasteiger partial charge in [-0.2, -0.15) is 0 Å². The van der Waals surface area contributed by atoms with Crippen molar-refractivity contribution in [2.75, 3.05) is 6.54 Å². The minimum Gasteiger partial charge on any atom is -0.489 e. The van der Waals surface area contributed by atoms with Crippen LogP contribution in [0, 0.1) is 5.92 Å². The SMILES string of the molecule is O=C(CC(c1ccccc1)c1cccc(OCc2ccccc2)c1)NC1CCC(CCN2C3CCC2c2ccccc23)CC1. The van der Waals surface area contributed by atoms with Crippen LogP contribution in [-0.2, 0) is 11.4 Å². The highest BCUT2D eigenvalue weighted by atomic mass is 16.5. The molecule has 1 N–H and O–H groups in total. The van der Waals surface area contributed by atoms with E-state index < -0.39 is 0 Å². The Morgan fingerprint density at radius 2 is 1.36 bits per heavy atom. The molecule has 2 aliphatic heterocycles. The summed E-state index contributed by atoms with van der Waals surface area (Å²) in [6.07, 6.45) is 8.94. The zero-order chi connectivity index (χ0) is 29.7. The minimum atomic E-state index is -0.0206. The molecular weight excluding hydrogens is 540 g/mol. The van der Waals surface area contributed by atoms with Gasteiger partial charge in [0.05, 0.1) is 0 Å². The highest BCUT2D eigenvalue weighted by Gasteiger charge is 2.43. The van der Waals surface area contributed by atoms with Gasteiger partial charge in [-0.3, -0.25) is 9.69 Å². The predicted octanol–water partition coefficient (Wildman–Crippen LogP) is 8.74. The van der Waals surface area contributed by atoms with Gasteiger partial charge in [0, 0.05) is 30.5 Å². The summed E-state index contributed by atoms with van der Waals surface area (Å²) in [5.41, 5.74) is 6.56. The standard InChI is InChI=1S/C40H44N2O2/c43-40(41-33-20-18-29(19-21-33)24-25-42-38-22-23-39(42)36-17-8-7-16-35(36)38)27-37(31-12-5-2-6-13-31)32-14-9-15-34(26-32)44-28-30-10-3-1-4-11-30/h1-17,26,29,33,37-39H,18-25,27-28H2,(H,41,43). The van der Waals surface area contributed by atoms with E-state index in [1.165, 1.54) is 38.6 Å². The molecule has 1 saturated heterocycles. The van der Waals surface area contributed by atoms with Crippen LogP contribution in [0.5, 0.6) is 5.75 Å². The van der Waals surface area contributed by atoms with E-state index in [1.54, 1.807) is 11.1 Å². The molecule has 0 aromatic heterocycles. The number of carbonyl (C=O) groups excluding carboxylic acids is 1. The fraction of sp³-hybridized carbons (Fsp3) is 0.375. The number of hydrogen-bond donors (Lipinski definition) is 1. The van der Waals surface area contributed by atoms with Crippen molar-refractivity contribution in [2.24, 2.45) is 5.92 Å². The Labute approximate surface area is 262 Å². The van der Waals surface area contributed by atoms with E-state index >= 15 is 0 Å². The van der Waals surface area contributed by atoms with Crippen molar-refractivity contribution in [3.63, 3.8) is 0 Å². The Morgan fingerprint density at radius 3 is 2.07 bits per heavy atom. The highest BCUT2D eigenvalue weighted by Crippen LogP contribution is 2.53. The summed E-state index contributed by atoms with van der Waals surface area (Å²) in [4.78, 5) is 16.3. The largest absolute Gasteiger partial charge is 0.489 e. The third kappa shape index (κ3) is 6.46. The van der Waals surface area contributed by atoms with E-state index in [4.69, 9.17) is 4.74 Å². The summed E-state index contributed by atoms with van der Waals surface area (Å²) >= 11 is 0. The second-order valence-electron chi connectivity index (χ2n) is 13.1. The Morgan fingerprint density at radius 1 is 0.727 bits per heavy atom. The lowest BCUT2D eigenvalue weighted by atomic mass is 9.83. The number of carbonyl (C=O) groups is 1. The lowest BCUT2D eigenvalue weighted by molar-refractivity contribution is -0.122. The molecule has 1 aliphatic carbocycles. The van der Waals surface area contributed by atoms with Crippen molar-refractivity contribution in [1.29, 1.82) is 0 Å². The Balaban J connectivity index is 0.924. The maximum Gasteiger partial charge on any atom is 0.221 e. The first-order valence-corrected chi connectivity index (χ1v) is 16.7. The zero-order valence-electron chi connectivity index (χ0n) is 25.6. The second kappa shape index (κ2) is 13.4. The maximum atomic E-state index is 13.5. The van der Waals surface area contributed by atoms with E-state index in [9.17, 15) is 4.79 Å². The van der Waals surface area contributed by atoms with E-state index in [0.29, 0.717) is 25.1 Å². The topological polar surface area (TPSA) is 41.6 Å². The molecule has 7 rings (SSSR count). The first-order valence-electron chi connectivity index (χ1n) is 16.7. The first kappa shape index (κ1) is 28.9. The molecule has 4 heteroatoms. The fourth-order valence-corrected chi connectivity index (χ4v) is 8.04. The molecule has 4 aromatic rings. The lowest BCUT2D eigenvalue weighted by Gasteiger charge is -2.31. The van der Waals surface area contributed by atoms with Crippen LogP contribution in [0.4, 0.5) is 0 Å². The van der Waals surface area contributed by atoms with E-state index in [2.05, 4.69) is 83.0 Å². The average Bonchev–Trinajstić information content (AvgIpc) is 3.63. The summed E-state index contributed by atoms with van der Waals surface area (Å²) in [6, 6.07) is 39.6. The first-order chi connectivity index (χ1) is 21.7. The molecule has 226 valence electrons. The van der Waals surface area contributed by atoms with Gasteiger partial charge in [0.1, 0.15) is 12.4 Å². The van der Waals surface area contributed by atoms with Crippen molar-refractivity contribution in [3.8, 4) is 5.75 Å². The number of fused-ring (bicyclic) bond motifs is 5. The molecule has 2 fully saturated rings. The monoisotopic (exact) mass is 584 g/mol. The van der Waals surface area contributed by atoms with Gasteiger partial charge in [0.25, 0.3) is 0 Å². The molecule has 44 heavy (non-hydrogen) atoms. The van der Waals surface area contributed by atoms with Crippen molar-refractivity contribution in [1.82, 2.24) is 10.2 Å². The van der Waals surface area contributed by atoms with Gasteiger partial charge in [-0.25, -0.2) is 0 Å². The van der Waals surface area contributed by atoms with Gasteiger partial charge in [0.2, 0.25) is 5.91 Å². The predicted molar refractivity (Wildman–Crippen MR) is 176 cm³/mol. The van der Waals surface area contributed by atoms with Crippen molar-refractivity contribution >= 4 is 5.91 Å². The molecule has 4 aromatic carbocycles. The van der Waals surface area contributed by atoms with Crippen molar-refractivity contribution < 1.29 is 9.53 Å². The summed E-state index contributed by atoms with van der Waals surface area (Å²) < 4.78 is 6.14. The third-order valence-corrected chi connectivity index (χ3v) is 10.3. The second-order valence-corrected chi connectivity index (χ2v) is 13.1. The number of nitrogens with one attached hydrogen (secondary N) is 1. The van der Waals surface area contributed by atoms with Crippen LogP contribution in [0.15, 0.2) is 109 Å². The van der Waals surface area contributed by atoms with Gasteiger partial charge < -0.3 is 10.1 Å². The van der Waals surface area contributed by atoms with Crippen LogP contribution < -0.4 is 10.1 Å². The van der Waals surface area contributed by atoms with E-state index in [0.717, 1.165) is 41.2 Å². The Kier molecular flexibility index (Phi) is 8.79. The van der Waals surface area contributed by atoms with Gasteiger partial charge in [-0.05, 0) is 97.4 Å². The average molecular weight is 585 g/mol. The van der Waals surface area contributed by atoms with E-state index in [-0.39, 0.29) is 17.9 Å². The number of amides is 1. The highest BCUT2D eigenvalue weighted by molar-refractivity contribution is 5.78. The van der Waals surface area contributed by atoms with Crippen LogP contribution in [0.1, 0.15) is 97.2 Å². The maximum absolute atomic E-state index is 13.5. The Bertz CT molecular complexity index is 1500. The summed E-state index contributed by atoms with van der Waals surface area (Å²) in [6.45, 7) is 1.73. The van der Waals surface area contributed by atoms with Crippen LogP contribution in [0.25, 0.3) is 0 Å². The van der Waals surface area contributed by atoms with Gasteiger partial charge in [0.15, 0.2) is 0 Å². The van der Waals surface area contributed by atoms with Crippen molar-refractivity contribution in [3.05, 3.63) is 137 Å². The molecule has 2 bridgehead atoms. The molecule has 1 saturated carbocycles. The fourth-order valence-electron chi connectivity index (χ4n) is 8.04. The molecule has 0 spiro atoms.